The average molecular weight is 268 g/mol. The lowest BCUT2D eigenvalue weighted by Crippen LogP contribution is -2.14. The Hall–Kier alpha value is -1.39. The Morgan fingerprint density at radius 2 is 2.29 bits per heavy atom. The van der Waals surface area contributed by atoms with Gasteiger partial charge in [-0.2, -0.15) is 0 Å². The van der Waals surface area contributed by atoms with Crippen LogP contribution in [0.3, 0.4) is 0 Å². The van der Waals surface area contributed by atoms with Crippen molar-refractivity contribution in [1.29, 1.82) is 0 Å². The van der Waals surface area contributed by atoms with E-state index in [1.807, 2.05) is 0 Å². The molecule has 0 saturated heterocycles. The average Bonchev–Trinajstić information content (AvgIpc) is 2.29. The second-order valence-corrected chi connectivity index (χ2v) is 4.71. The zero-order chi connectivity index (χ0) is 12.3. The molecule has 0 bridgehead atoms. The molecular weight excluding hydrogens is 258 g/mol. The molecule has 0 atom stereocenters. The van der Waals surface area contributed by atoms with Gasteiger partial charge < -0.3 is 10.1 Å². The third kappa shape index (κ3) is 3.05. The fraction of sp³-hybridized carbons (Fsp3) is 0.0833. The van der Waals surface area contributed by atoms with Crippen LogP contribution in [0.1, 0.15) is 6.92 Å². The van der Waals surface area contributed by atoms with Crippen molar-refractivity contribution in [3.05, 3.63) is 51.6 Å². The molecule has 3 nitrogen and oxygen atoms in total. The first kappa shape index (κ1) is 12.1. The van der Waals surface area contributed by atoms with E-state index in [2.05, 4.69) is 5.32 Å². The maximum atomic E-state index is 11.9. The van der Waals surface area contributed by atoms with Gasteiger partial charge >= 0.3 is 0 Å². The molecule has 1 aromatic carbocycles. The molecule has 1 aliphatic rings. The predicted molar refractivity (Wildman–Crippen MR) is 70.6 cm³/mol. The Bertz CT molecular complexity index is 511. The number of nitrogens with one attached hydrogen (secondary N) is 1. The van der Waals surface area contributed by atoms with E-state index in [-0.39, 0.29) is 5.91 Å². The van der Waals surface area contributed by atoms with E-state index < -0.39 is 0 Å². The molecular formula is C12H10ClNO2S. The van der Waals surface area contributed by atoms with Crippen LogP contribution in [0, 0.1) is 0 Å². The fourth-order valence-corrected chi connectivity index (χ4v) is 2.14. The third-order valence-electron chi connectivity index (χ3n) is 2.09. The first-order valence-electron chi connectivity index (χ1n) is 4.93. The van der Waals surface area contributed by atoms with Crippen LogP contribution in [0.25, 0.3) is 0 Å². The highest BCUT2D eigenvalue weighted by Gasteiger charge is 2.16. The van der Waals surface area contributed by atoms with Crippen molar-refractivity contribution < 1.29 is 9.53 Å². The van der Waals surface area contributed by atoms with Gasteiger partial charge in [-0.25, -0.2) is 0 Å². The molecule has 0 unspecified atom stereocenters. The van der Waals surface area contributed by atoms with Gasteiger partial charge in [-0.1, -0.05) is 29.4 Å². The summed E-state index contributed by atoms with van der Waals surface area (Å²) in [6.45, 7) is 1.75. The number of ether oxygens (including phenoxy) is 1. The number of carbonyl (C=O) groups is 1. The topological polar surface area (TPSA) is 38.3 Å². The van der Waals surface area contributed by atoms with E-state index in [9.17, 15) is 4.79 Å². The summed E-state index contributed by atoms with van der Waals surface area (Å²) < 4.78 is 5.16. The highest BCUT2D eigenvalue weighted by molar-refractivity contribution is 8.06. The molecule has 1 aromatic rings. The normalized spacial score (nSPS) is 14.5. The number of carbonyl (C=O) groups excluding carboxylic acids is 1. The molecule has 1 heterocycles. The van der Waals surface area contributed by atoms with Crippen LogP contribution in [-0.2, 0) is 9.53 Å². The minimum Gasteiger partial charge on any atom is -0.468 e. The SMILES string of the molecule is CC1=C(C(=O)Nc2cccc(Cl)c2)SC=CO1. The number of anilines is 1. The Morgan fingerprint density at radius 3 is 3.00 bits per heavy atom. The minimum atomic E-state index is -0.195. The number of benzene rings is 1. The molecule has 0 saturated carbocycles. The standard InChI is InChI=1S/C12H10ClNO2S/c1-8-11(17-6-5-16-8)12(15)14-10-4-2-3-9(13)7-10/h2-7H,1H3,(H,14,15). The van der Waals surface area contributed by atoms with E-state index >= 15 is 0 Å². The number of hydrogen-bond acceptors (Lipinski definition) is 3. The van der Waals surface area contributed by atoms with Gasteiger partial charge in [-0.05, 0) is 25.1 Å². The summed E-state index contributed by atoms with van der Waals surface area (Å²) in [6, 6.07) is 7.01. The molecule has 0 radical (unpaired) electrons. The molecule has 0 spiro atoms. The van der Waals surface area contributed by atoms with Crippen molar-refractivity contribution >= 4 is 35.0 Å². The first-order valence-corrected chi connectivity index (χ1v) is 6.19. The lowest BCUT2D eigenvalue weighted by molar-refractivity contribution is -0.112. The highest BCUT2D eigenvalue weighted by Crippen LogP contribution is 2.27. The van der Waals surface area contributed by atoms with Crippen LogP contribution < -0.4 is 5.32 Å². The van der Waals surface area contributed by atoms with E-state index in [1.54, 1.807) is 42.9 Å². The molecule has 17 heavy (non-hydrogen) atoms. The number of amides is 1. The van der Waals surface area contributed by atoms with Gasteiger partial charge in [0, 0.05) is 16.1 Å². The van der Waals surface area contributed by atoms with Crippen molar-refractivity contribution in [1.82, 2.24) is 0 Å². The lowest BCUT2D eigenvalue weighted by Gasteiger charge is -2.13. The van der Waals surface area contributed by atoms with Crippen LogP contribution in [0.15, 0.2) is 46.6 Å². The van der Waals surface area contributed by atoms with Crippen LogP contribution >= 0.6 is 23.4 Å². The smallest absolute Gasteiger partial charge is 0.265 e. The van der Waals surface area contributed by atoms with Crippen LogP contribution in [-0.4, -0.2) is 5.91 Å². The second kappa shape index (κ2) is 5.29. The third-order valence-corrected chi connectivity index (χ3v) is 3.29. The van der Waals surface area contributed by atoms with Crippen LogP contribution in [0.2, 0.25) is 5.02 Å². The Labute approximate surface area is 108 Å². The molecule has 2 rings (SSSR count). The number of hydrogen-bond donors (Lipinski definition) is 1. The van der Waals surface area contributed by atoms with Gasteiger partial charge in [-0.15, -0.1) is 0 Å². The van der Waals surface area contributed by atoms with Gasteiger partial charge in [0.1, 0.15) is 10.7 Å². The van der Waals surface area contributed by atoms with Gasteiger partial charge in [0.05, 0.1) is 6.26 Å². The summed E-state index contributed by atoms with van der Waals surface area (Å²) >= 11 is 7.17. The van der Waals surface area contributed by atoms with Crippen LogP contribution in [0.5, 0.6) is 0 Å². The van der Waals surface area contributed by atoms with Crippen molar-refractivity contribution in [3.63, 3.8) is 0 Å². The fourth-order valence-electron chi connectivity index (χ4n) is 1.33. The van der Waals surface area contributed by atoms with E-state index in [4.69, 9.17) is 16.3 Å². The van der Waals surface area contributed by atoms with Crippen molar-refractivity contribution in [2.24, 2.45) is 0 Å². The minimum absolute atomic E-state index is 0.195. The van der Waals surface area contributed by atoms with Crippen LogP contribution in [0.4, 0.5) is 5.69 Å². The van der Waals surface area contributed by atoms with E-state index in [1.165, 1.54) is 11.8 Å². The molecule has 88 valence electrons. The number of rotatable bonds is 2. The molecule has 1 amide bonds. The maximum Gasteiger partial charge on any atom is 0.265 e. The predicted octanol–water partition coefficient (Wildman–Crippen LogP) is 3.74. The Balaban J connectivity index is 2.12. The lowest BCUT2D eigenvalue weighted by atomic mass is 10.3. The maximum absolute atomic E-state index is 11.9. The Morgan fingerprint density at radius 1 is 1.47 bits per heavy atom. The summed E-state index contributed by atoms with van der Waals surface area (Å²) in [7, 11) is 0. The number of allylic oxidation sites excluding steroid dienone is 1. The summed E-state index contributed by atoms with van der Waals surface area (Å²) in [5.74, 6) is 0.399. The first-order chi connectivity index (χ1) is 8.16. The van der Waals surface area contributed by atoms with Gasteiger partial charge in [0.25, 0.3) is 5.91 Å². The zero-order valence-corrected chi connectivity index (χ0v) is 10.6. The number of halogens is 1. The summed E-state index contributed by atoms with van der Waals surface area (Å²) in [5.41, 5.74) is 0.665. The van der Waals surface area contributed by atoms with E-state index in [0.29, 0.717) is 21.4 Å². The zero-order valence-electron chi connectivity index (χ0n) is 9.07. The monoisotopic (exact) mass is 267 g/mol. The second-order valence-electron chi connectivity index (χ2n) is 3.36. The Kier molecular flexibility index (Phi) is 3.76. The molecule has 1 N–H and O–H groups in total. The van der Waals surface area contributed by atoms with Gasteiger partial charge in [0.15, 0.2) is 0 Å². The largest absolute Gasteiger partial charge is 0.468 e. The van der Waals surface area contributed by atoms with Gasteiger partial charge in [-0.3, -0.25) is 4.79 Å². The summed E-state index contributed by atoms with van der Waals surface area (Å²) in [4.78, 5) is 12.5. The van der Waals surface area contributed by atoms with E-state index in [0.717, 1.165) is 0 Å². The molecule has 0 fully saturated rings. The van der Waals surface area contributed by atoms with Crippen molar-refractivity contribution in [2.45, 2.75) is 6.92 Å². The highest BCUT2D eigenvalue weighted by atomic mass is 35.5. The quantitative estimate of drug-likeness (QED) is 0.887. The molecule has 1 aliphatic heterocycles. The molecule has 0 aromatic heterocycles. The molecule has 0 aliphatic carbocycles. The number of thioether (sulfide) groups is 1. The molecule has 5 heteroatoms. The summed E-state index contributed by atoms with van der Waals surface area (Å²) in [5, 5.41) is 5.07. The summed E-state index contributed by atoms with van der Waals surface area (Å²) in [6.07, 6.45) is 1.55. The van der Waals surface area contributed by atoms with Gasteiger partial charge in [0.2, 0.25) is 0 Å². The van der Waals surface area contributed by atoms with Crippen molar-refractivity contribution in [2.75, 3.05) is 5.32 Å². The van der Waals surface area contributed by atoms with Crippen molar-refractivity contribution in [3.8, 4) is 0 Å².